The summed E-state index contributed by atoms with van der Waals surface area (Å²) in [4.78, 5) is 20.1. The summed E-state index contributed by atoms with van der Waals surface area (Å²) in [6, 6.07) is 13.3. The molecule has 1 N–H and O–H groups in total. The molecule has 0 amide bonds. The Morgan fingerprint density at radius 1 is 1.38 bits per heavy atom. The Bertz CT molecular complexity index is 945. The lowest BCUT2D eigenvalue weighted by molar-refractivity contribution is 0.0936. The summed E-state index contributed by atoms with van der Waals surface area (Å²) in [5.74, 6) is 0.814. The number of rotatable bonds is 3. The number of carbonyl (C=O) groups is 1. The lowest BCUT2D eigenvalue weighted by atomic mass is 10.0. The van der Waals surface area contributed by atoms with Gasteiger partial charge in [0, 0.05) is 29.4 Å². The van der Waals surface area contributed by atoms with Crippen molar-refractivity contribution in [2.45, 2.75) is 0 Å². The third kappa shape index (κ3) is 2.63. The number of fused-ring (bicyclic) bond motifs is 1. The molecule has 1 aliphatic heterocycles. The van der Waals surface area contributed by atoms with Crippen LogP contribution in [0.3, 0.4) is 0 Å². The number of aromatic amines is 1. The Hall–Kier alpha value is -2.78. The average Bonchev–Trinajstić information content (AvgIpc) is 3.28. The summed E-state index contributed by atoms with van der Waals surface area (Å²) < 4.78 is 2.12. The number of carbonyl (C=O) groups excluding carboxylic acids is 1. The summed E-state index contributed by atoms with van der Waals surface area (Å²) in [5, 5.41) is 9.88. The largest absolute Gasteiger partial charge is 0.352 e. The molecule has 3 aromatic rings. The summed E-state index contributed by atoms with van der Waals surface area (Å²) in [7, 11) is 0. The lowest BCUT2D eigenvalue weighted by Crippen LogP contribution is -2.22. The molecule has 1 aliphatic rings. The average molecular weight is 334 g/mol. The number of Topliss-reactive ketones (excluding diaryl/α,β-unsaturated/α-hetero) is 1. The number of H-pyrrole nitrogens is 1. The molecule has 4 rings (SSSR count). The second-order valence-corrected chi connectivity index (χ2v) is 6.76. The molecule has 1 fully saturated rings. The number of pyridine rings is 1. The second-order valence-electron chi connectivity index (χ2n) is 5.73. The van der Waals surface area contributed by atoms with Crippen molar-refractivity contribution in [2.24, 2.45) is 5.92 Å². The fourth-order valence-electron chi connectivity index (χ4n) is 2.88. The minimum absolute atomic E-state index is 0.0568. The quantitative estimate of drug-likeness (QED) is 0.587. The Balaban J connectivity index is 1.55. The van der Waals surface area contributed by atoms with Gasteiger partial charge in [0.15, 0.2) is 5.78 Å². The van der Waals surface area contributed by atoms with Crippen LogP contribution in [0, 0.1) is 17.2 Å². The standard InChI is InChI=1S/C18H14N4OS/c19-8-12-3-4-16-13(6-12)7-17(21-16)18(23)14-10-22(24-11-14)15-2-1-5-20-9-15/h1-7,9,14,21H,10-11H2. The number of aromatic nitrogens is 2. The number of ketones is 1. The first-order chi connectivity index (χ1) is 11.7. The van der Waals surface area contributed by atoms with Crippen molar-refractivity contribution < 1.29 is 4.79 Å². The van der Waals surface area contributed by atoms with E-state index in [9.17, 15) is 4.79 Å². The van der Waals surface area contributed by atoms with Crippen molar-refractivity contribution in [3.63, 3.8) is 0 Å². The van der Waals surface area contributed by atoms with E-state index >= 15 is 0 Å². The highest BCUT2D eigenvalue weighted by atomic mass is 32.2. The Labute approximate surface area is 143 Å². The highest BCUT2D eigenvalue weighted by Crippen LogP contribution is 2.32. The van der Waals surface area contributed by atoms with Gasteiger partial charge in [0.05, 0.1) is 35.1 Å². The normalized spacial score (nSPS) is 17.1. The Morgan fingerprint density at radius 3 is 3.08 bits per heavy atom. The minimum atomic E-state index is -0.0568. The van der Waals surface area contributed by atoms with E-state index in [1.54, 1.807) is 30.3 Å². The highest BCUT2D eigenvalue weighted by molar-refractivity contribution is 8.00. The van der Waals surface area contributed by atoms with Gasteiger partial charge in [-0.3, -0.25) is 9.78 Å². The van der Waals surface area contributed by atoms with E-state index in [0.717, 1.165) is 22.3 Å². The van der Waals surface area contributed by atoms with E-state index in [4.69, 9.17) is 5.26 Å². The van der Waals surface area contributed by atoms with Crippen molar-refractivity contribution >= 4 is 34.3 Å². The van der Waals surface area contributed by atoms with Crippen LogP contribution in [0.15, 0.2) is 48.8 Å². The van der Waals surface area contributed by atoms with Crippen LogP contribution < -0.4 is 4.31 Å². The molecule has 24 heavy (non-hydrogen) atoms. The molecule has 5 nitrogen and oxygen atoms in total. The molecular weight excluding hydrogens is 320 g/mol. The first-order valence-corrected chi connectivity index (χ1v) is 8.56. The lowest BCUT2D eigenvalue weighted by Gasteiger charge is -2.15. The van der Waals surface area contributed by atoms with Crippen LogP contribution in [0.2, 0.25) is 0 Å². The van der Waals surface area contributed by atoms with Gasteiger partial charge in [-0.2, -0.15) is 5.26 Å². The molecule has 1 atom stereocenters. The maximum Gasteiger partial charge on any atom is 0.184 e. The second kappa shape index (κ2) is 6.02. The van der Waals surface area contributed by atoms with Gasteiger partial charge < -0.3 is 9.29 Å². The monoisotopic (exact) mass is 334 g/mol. The van der Waals surface area contributed by atoms with E-state index in [2.05, 4.69) is 20.3 Å². The molecule has 0 aliphatic carbocycles. The summed E-state index contributed by atoms with van der Waals surface area (Å²) in [6.07, 6.45) is 3.55. The van der Waals surface area contributed by atoms with Crippen molar-refractivity contribution in [1.29, 1.82) is 5.26 Å². The van der Waals surface area contributed by atoms with Crippen molar-refractivity contribution in [2.75, 3.05) is 16.6 Å². The molecular formula is C18H14N4OS. The number of nitriles is 1. The van der Waals surface area contributed by atoms with E-state index in [-0.39, 0.29) is 11.7 Å². The van der Waals surface area contributed by atoms with Gasteiger partial charge in [0.1, 0.15) is 0 Å². The van der Waals surface area contributed by atoms with Crippen LogP contribution in [0.1, 0.15) is 16.1 Å². The van der Waals surface area contributed by atoms with Gasteiger partial charge >= 0.3 is 0 Å². The molecule has 1 aromatic carbocycles. The van der Waals surface area contributed by atoms with Gasteiger partial charge in [-0.15, -0.1) is 0 Å². The first-order valence-electron chi connectivity index (χ1n) is 7.62. The van der Waals surface area contributed by atoms with Crippen molar-refractivity contribution in [3.05, 3.63) is 60.0 Å². The zero-order valence-corrected chi connectivity index (χ0v) is 13.6. The molecule has 2 aromatic heterocycles. The zero-order chi connectivity index (χ0) is 16.5. The van der Waals surface area contributed by atoms with Gasteiger partial charge in [0.25, 0.3) is 0 Å². The first kappa shape index (κ1) is 14.8. The third-order valence-corrected chi connectivity index (χ3v) is 5.36. The Morgan fingerprint density at radius 2 is 2.29 bits per heavy atom. The van der Waals surface area contributed by atoms with E-state index in [1.807, 2.05) is 30.5 Å². The van der Waals surface area contributed by atoms with Gasteiger partial charge in [-0.1, -0.05) is 0 Å². The van der Waals surface area contributed by atoms with Gasteiger partial charge in [-0.25, -0.2) is 0 Å². The number of nitrogens with one attached hydrogen (secondary N) is 1. The fraction of sp³-hybridized carbons (Fsp3) is 0.167. The van der Waals surface area contributed by atoms with Crippen LogP contribution in [-0.2, 0) is 0 Å². The topological polar surface area (TPSA) is 72.8 Å². The van der Waals surface area contributed by atoms with Crippen molar-refractivity contribution in [1.82, 2.24) is 9.97 Å². The van der Waals surface area contributed by atoms with E-state index < -0.39 is 0 Å². The smallest absolute Gasteiger partial charge is 0.184 e. The number of nitrogens with zero attached hydrogens (tertiary/aromatic N) is 3. The zero-order valence-electron chi connectivity index (χ0n) is 12.8. The predicted molar refractivity (Wildman–Crippen MR) is 94.9 cm³/mol. The van der Waals surface area contributed by atoms with Crippen LogP contribution in [-0.4, -0.2) is 28.0 Å². The predicted octanol–water partition coefficient (Wildman–Crippen LogP) is 3.40. The Kier molecular flexibility index (Phi) is 3.71. The number of anilines is 1. The fourth-order valence-corrected chi connectivity index (χ4v) is 4.04. The molecule has 118 valence electrons. The molecule has 0 bridgehead atoms. The molecule has 1 saturated heterocycles. The number of benzene rings is 1. The minimum Gasteiger partial charge on any atom is -0.352 e. The number of hydrogen-bond acceptors (Lipinski definition) is 5. The molecule has 3 heterocycles. The van der Waals surface area contributed by atoms with Crippen LogP contribution >= 0.6 is 11.9 Å². The molecule has 6 heteroatoms. The summed E-state index contributed by atoms with van der Waals surface area (Å²) >= 11 is 1.66. The number of hydrogen-bond donors (Lipinski definition) is 1. The van der Waals surface area contributed by atoms with Crippen LogP contribution in [0.5, 0.6) is 0 Å². The summed E-state index contributed by atoms with van der Waals surface area (Å²) in [6.45, 7) is 0.675. The SMILES string of the molecule is N#Cc1ccc2[nH]c(C(=O)C3CSN(c4cccnc4)C3)cc2c1. The molecule has 0 radical (unpaired) electrons. The van der Waals surface area contributed by atoms with Crippen molar-refractivity contribution in [3.8, 4) is 6.07 Å². The molecule has 1 unspecified atom stereocenters. The van der Waals surface area contributed by atoms with Crippen LogP contribution in [0.4, 0.5) is 5.69 Å². The van der Waals surface area contributed by atoms with Crippen LogP contribution in [0.25, 0.3) is 10.9 Å². The molecule has 0 spiro atoms. The van der Waals surface area contributed by atoms with E-state index in [0.29, 0.717) is 17.8 Å². The highest BCUT2D eigenvalue weighted by Gasteiger charge is 2.31. The maximum atomic E-state index is 12.8. The van der Waals surface area contributed by atoms with Gasteiger partial charge in [-0.05, 0) is 48.3 Å². The summed E-state index contributed by atoms with van der Waals surface area (Å²) in [5.41, 5.74) is 3.11. The van der Waals surface area contributed by atoms with E-state index in [1.165, 1.54) is 0 Å². The maximum absolute atomic E-state index is 12.8. The van der Waals surface area contributed by atoms with Gasteiger partial charge in [0.2, 0.25) is 0 Å². The third-order valence-electron chi connectivity index (χ3n) is 4.14. The molecule has 0 saturated carbocycles.